The van der Waals surface area contributed by atoms with E-state index in [1.807, 2.05) is 6.07 Å². The van der Waals surface area contributed by atoms with Gasteiger partial charge in [-0.25, -0.2) is 5.48 Å². The molecule has 2 heterocycles. The standard InChI is InChI=1S/C28H28Cl2N2O5S/c29-16-9-12-21(22(30)13-16)26-25(27(35)31-37-15-18-11-10-17(14-33)38-18)19-5-1-2-6-20(19)28(36)32(26)23-7-3-4-8-24(23)34/h1-2,5-6,9-13,23-26,33-34H,3-4,7-8,14-15H2,(H,31,35)/t23-,24-,25+,26-/m0/s1. The fraction of sp³-hybridized carbons (Fsp3) is 0.357. The Morgan fingerprint density at radius 1 is 1.05 bits per heavy atom. The first-order valence-corrected chi connectivity index (χ1v) is 14.1. The number of aliphatic hydroxyl groups is 2. The molecule has 38 heavy (non-hydrogen) atoms. The minimum absolute atomic E-state index is 0.0592. The van der Waals surface area contributed by atoms with Gasteiger partial charge >= 0.3 is 0 Å². The van der Waals surface area contributed by atoms with Crippen LogP contribution < -0.4 is 5.48 Å². The Hall–Kier alpha value is -2.46. The van der Waals surface area contributed by atoms with Gasteiger partial charge in [-0.05, 0) is 54.3 Å². The van der Waals surface area contributed by atoms with Crippen LogP contribution in [0.3, 0.4) is 0 Å². The summed E-state index contributed by atoms with van der Waals surface area (Å²) < 4.78 is 0. The highest BCUT2D eigenvalue weighted by molar-refractivity contribution is 7.11. The number of thiophene rings is 1. The van der Waals surface area contributed by atoms with Crippen molar-refractivity contribution in [2.75, 3.05) is 0 Å². The molecule has 1 aromatic heterocycles. The van der Waals surface area contributed by atoms with Crippen LogP contribution in [-0.2, 0) is 22.8 Å². The quantitative estimate of drug-likeness (QED) is 0.329. The van der Waals surface area contributed by atoms with Gasteiger partial charge < -0.3 is 15.1 Å². The van der Waals surface area contributed by atoms with E-state index in [0.29, 0.717) is 39.6 Å². The van der Waals surface area contributed by atoms with Gasteiger partial charge in [-0.2, -0.15) is 0 Å². The van der Waals surface area contributed by atoms with Gasteiger partial charge in [-0.15, -0.1) is 11.3 Å². The van der Waals surface area contributed by atoms with Crippen molar-refractivity contribution < 1.29 is 24.6 Å². The Morgan fingerprint density at radius 3 is 2.55 bits per heavy atom. The van der Waals surface area contributed by atoms with Crippen LogP contribution >= 0.6 is 34.5 Å². The highest BCUT2D eigenvalue weighted by Gasteiger charge is 2.49. The zero-order chi connectivity index (χ0) is 26.8. The van der Waals surface area contributed by atoms with Crippen molar-refractivity contribution in [1.82, 2.24) is 10.4 Å². The molecule has 0 saturated heterocycles. The second-order valence-electron chi connectivity index (χ2n) is 9.59. The first-order chi connectivity index (χ1) is 18.4. The van der Waals surface area contributed by atoms with Crippen LogP contribution in [0.4, 0.5) is 0 Å². The van der Waals surface area contributed by atoms with Crippen molar-refractivity contribution in [3.8, 4) is 0 Å². The lowest BCUT2D eigenvalue weighted by Crippen LogP contribution is -2.55. The highest BCUT2D eigenvalue weighted by atomic mass is 35.5. The smallest absolute Gasteiger partial charge is 0.255 e. The fourth-order valence-corrected chi connectivity index (χ4v) is 6.83. The normalized spacial score (nSPS) is 23.3. The van der Waals surface area contributed by atoms with E-state index in [-0.39, 0.29) is 19.1 Å². The molecule has 2 aromatic carbocycles. The van der Waals surface area contributed by atoms with E-state index >= 15 is 0 Å². The molecular formula is C28H28Cl2N2O5S. The molecule has 0 unspecified atom stereocenters. The van der Waals surface area contributed by atoms with Gasteiger partial charge in [0.1, 0.15) is 6.61 Å². The Labute approximate surface area is 234 Å². The van der Waals surface area contributed by atoms with Crippen LogP contribution in [0.5, 0.6) is 0 Å². The molecule has 7 nitrogen and oxygen atoms in total. The molecule has 0 bridgehead atoms. The number of carbonyl (C=O) groups is 2. The van der Waals surface area contributed by atoms with Crippen LogP contribution in [0.15, 0.2) is 54.6 Å². The molecular weight excluding hydrogens is 547 g/mol. The average molecular weight is 576 g/mol. The molecule has 3 aromatic rings. The number of hydrogen-bond acceptors (Lipinski definition) is 6. The van der Waals surface area contributed by atoms with E-state index in [2.05, 4.69) is 5.48 Å². The first kappa shape index (κ1) is 27.1. The summed E-state index contributed by atoms with van der Waals surface area (Å²) in [5.74, 6) is -1.54. The van der Waals surface area contributed by atoms with E-state index in [9.17, 15) is 19.8 Å². The monoisotopic (exact) mass is 574 g/mol. The summed E-state index contributed by atoms with van der Waals surface area (Å²) in [4.78, 5) is 36.7. The second-order valence-corrected chi connectivity index (χ2v) is 11.7. The molecule has 1 aliphatic carbocycles. The van der Waals surface area contributed by atoms with E-state index in [0.717, 1.165) is 22.6 Å². The van der Waals surface area contributed by atoms with Crippen molar-refractivity contribution in [1.29, 1.82) is 0 Å². The lowest BCUT2D eigenvalue weighted by molar-refractivity contribution is -0.138. The van der Waals surface area contributed by atoms with Gasteiger partial charge in [-0.3, -0.25) is 14.4 Å². The SMILES string of the molecule is O=C(NOCc1ccc(CO)s1)[C@@H]1c2ccccc2C(=O)N([C@H]2CCCC[C@@H]2O)[C@H]1c1ccc(Cl)cc1Cl. The predicted octanol–water partition coefficient (Wildman–Crippen LogP) is 5.38. The van der Waals surface area contributed by atoms with Crippen molar-refractivity contribution >= 4 is 46.4 Å². The van der Waals surface area contributed by atoms with Crippen LogP contribution in [-0.4, -0.2) is 39.1 Å². The van der Waals surface area contributed by atoms with E-state index in [1.165, 1.54) is 11.3 Å². The maximum atomic E-state index is 14.0. The summed E-state index contributed by atoms with van der Waals surface area (Å²) in [5, 5.41) is 21.1. The number of rotatable bonds is 7. The van der Waals surface area contributed by atoms with Gasteiger partial charge in [0.15, 0.2) is 0 Å². The van der Waals surface area contributed by atoms with Crippen molar-refractivity contribution in [2.45, 2.75) is 63.0 Å². The minimum Gasteiger partial charge on any atom is -0.391 e. The molecule has 3 N–H and O–H groups in total. The molecule has 0 spiro atoms. The number of halogens is 2. The van der Waals surface area contributed by atoms with E-state index in [4.69, 9.17) is 28.0 Å². The zero-order valence-electron chi connectivity index (χ0n) is 20.5. The highest BCUT2D eigenvalue weighted by Crippen LogP contribution is 2.47. The zero-order valence-corrected chi connectivity index (χ0v) is 22.8. The molecule has 0 radical (unpaired) electrons. The second kappa shape index (κ2) is 11.7. The van der Waals surface area contributed by atoms with Crippen LogP contribution in [0.1, 0.15) is 68.9 Å². The summed E-state index contributed by atoms with van der Waals surface area (Å²) in [6.45, 7) is 0.0669. The summed E-state index contributed by atoms with van der Waals surface area (Å²) in [6, 6.07) is 14.4. The third-order valence-electron chi connectivity index (χ3n) is 7.25. The number of carbonyl (C=O) groups excluding carboxylic acids is 2. The number of fused-ring (bicyclic) bond motifs is 1. The molecule has 200 valence electrons. The maximum Gasteiger partial charge on any atom is 0.255 e. The van der Waals surface area contributed by atoms with Gasteiger partial charge in [0.05, 0.1) is 30.7 Å². The summed E-state index contributed by atoms with van der Waals surface area (Å²) in [7, 11) is 0. The Balaban J connectivity index is 1.55. The molecule has 1 saturated carbocycles. The number of nitrogens with one attached hydrogen (secondary N) is 1. The van der Waals surface area contributed by atoms with Gasteiger partial charge in [-0.1, -0.05) is 60.3 Å². The average Bonchev–Trinajstić information content (AvgIpc) is 3.37. The molecule has 10 heteroatoms. The predicted molar refractivity (Wildman–Crippen MR) is 146 cm³/mol. The van der Waals surface area contributed by atoms with E-state index in [1.54, 1.807) is 53.4 Å². The lowest BCUT2D eigenvalue weighted by Gasteiger charge is -2.48. The van der Waals surface area contributed by atoms with Crippen LogP contribution in [0, 0.1) is 0 Å². The van der Waals surface area contributed by atoms with Gasteiger partial charge in [0.25, 0.3) is 11.8 Å². The molecule has 4 atom stereocenters. The Morgan fingerprint density at radius 2 is 1.82 bits per heavy atom. The molecule has 1 fully saturated rings. The first-order valence-electron chi connectivity index (χ1n) is 12.5. The molecule has 1 aliphatic heterocycles. The van der Waals surface area contributed by atoms with Crippen LogP contribution in [0.25, 0.3) is 0 Å². The Bertz CT molecular complexity index is 1330. The number of amides is 2. The number of hydroxylamine groups is 1. The van der Waals surface area contributed by atoms with Crippen LogP contribution in [0.2, 0.25) is 10.0 Å². The minimum atomic E-state index is -0.854. The maximum absolute atomic E-state index is 14.0. The molecule has 2 amide bonds. The number of benzene rings is 2. The fourth-order valence-electron chi connectivity index (χ4n) is 5.51. The summed E-state index contributed by atoms with van der Waals surface area (Å²) >= 11 is 14.3. The Kier molecular flexibility index (Phi) is 8.38. The largest absolute Gasteiger partial charge is 0.391 e. The van der Waals surface area contributed by atoms with Crippen molar-refractivity contribution in [3.05, 3.63) is 91.1 Å². The lowest BCUT2D eigenvalue weighted by atomic mass is 9.77. The van der Waals surface area contributed by atoms with Crippen molar-refractivity contribution in [3.63, 3.8) is 0 Å². The topological polar surface area (TPSA) is 99.1 Å². The number of nitrogens with zero attached hydrogens (tertiary/aromatic N) is 1. The third-order valence-corrected chi connectivity index (χ3v) is 8.86. The summed E-state index contributed by atoms with van der Waals surface area (Å²) in [6.07, 6.45) is 2.22. The van der Waals surface area contributed by atoms with E-state index < -0.39 is 30.0 Å². The molecule has 2 aliphatic rings. The molecule has 5 rings (SSSR count). The van der Waals surface area contributed by atoms with Crippen molar-refractivity contribution in [2.24, 2.45) is 0 Å². The third kappa shape index (κ3) is 5.34. The number of aliphatic hydroxyl groups excluding tert-OH is 2. The number of hydrogen-bond donors (Lipinski definition) is 3. The van der Waals surface area contributed by atoms with Gasteiger partial charge in [0, 0.05) is 25.4 Å². The summed E-state index contributed by atoms with van der Waals surface area (Å²) in [5.41, 5.74) is 4.14. The van der Waals surface area contributed by atoms with Gasteiger partial charge in [0.2, 0.25) is 0 Å².